The summed E-state index contributed by atoms with van der Waals surface area (Å²) in [4.78, 5) is 11.0. The van der Waals surface area contributed by atoms with Crippen LogP contribution >= 0.6 is 0 Å². The first-order valence-electron chi connectivity index (χ1n) is 6.45. The molecule has 0 aliphatic heterocycles. The van der Waals surface area contributed by atoms with Crippen LogP contribution in [0.3, 0.4) is 0 Å². The summed E-state index contributed by atoms with van der Waals surface area (Å²) in [6.45, 7) is 0.735. The number of hydrogen-bond donors (Lipinski definition) is 2. The molecule has 0 saturated heterocycles. The van der Waals surface area contributed by atoms with E-state index in [4.69, 9.17) is 5.11 Å². The quantitative estimate of drug-likeness (QED) is 0.863. The summed E-state index contributed by atoms with van der Waals surface area (Å²) in [7, 11) is 0. The second-order valence-corrected chi connectivity index (χ2v) is 5.00. The number of halogens is 2. The van der Waals surface area contributed by atoms with Crippen LogP contribution in [0.4, 0.5) is 8.78 Å². The van der Waals surface area contributed by atoms with Crippen molar-refractivity contribution in [2.24, 2.45) is 11.8 Å². The van der Waals surface area contributed by atoms with Gasteiger partial charge in [-0.15, -0.1) is 0 Å². The molecule has 104 valence electrons. The van der Waals surface area contributed by atoms with Crippen LogP contribution in [-0.2, 0) is 11.3 Å². The topological polar surface area (TPSA) is 49.3 Å². The summed E-state index contributed by atoms with van der Waals surface area (Å²) in [5, 5.41) is 12.1. The molecule has 3 nitrogen and oxygen atoms in total. The van der Waals surface area contributed by atoms with Crippen LogP contribution < -0.4 is 5.32 Å². The fourth-order valence-corrected chi connectivity index (χ4v) is 2.68. The molecule has 0 heterocycles. The summed E-state index contributed by atoms with van der Waals surface area (Å²) >= 11 is 0. The summed E-state index contributed by atoms with van der Waals surface area (Å²) in [5.41, 5.74) is 0.268. The van der Waals surface area contributed by atoms with Gasteiger partial charge in [0.25, 0.3) is 0 Å². The highest BCUT2D eigenvalue weighted by Gasteiger charge is 2.32. The molecule has 2 N–H and O–H groups in total. The van der Waals surface area contributed by atoms with Gasteiger partial charge in [-0.05, 0) is 43.5 Å². The first kappa shape index (κ1) is 13.9. The summed E-state index contributed by atoms with van der Waals surface area (Å²) in [5.74, 6) is -1.92. The maximum absolute atomic E-state index is 13.4. The lowest BCUT2D eigenvalue weighted by Gasteiger charge is -2.16. The van der Waals surface area contributed by atoms with Gasteiger partial charge in [0.2, 0.25) is 0 Å². The average Bonchev–Trinajstić information content (AvgIpc) is 2.82. The van der Waals surface area contributed by atoms with Gasteiger partial charge in [-0.25, -0.2) is 8.78 Å². The summed E-state index contributed by atoms with van der Waals surface area (Å²) in [6, 6.07) is 3.34. The monoisotopic (exact) mass is 269 g/mol. The van der Waals surface area contributed by atoms with Crippen LogP contribution in [0.15, 0.2) is 18.2 Å². The van der Waals surface area contributed by atoms with Crippen LogP contribution in [0.2, 0.25) is 0 Å². The number of aliphatic carboxylic acids is 1. The number of benzene rings is 1. The van der Waals surface area contributed by atoms with Crippen LogP contribution in [0.5, 0.6) is 0 Å². The van der Waals surface area contributed by atoms with E-state index in [0.717, 1.165) is 31.0 Å². The molecule has 1 fully saturated rings. The van der Waals surface area contributed by atoms with Gasteiger partial charge in [0.15, 0.2) is 0 Å². The van der Waals surface area contributed by atoms with Crippen molar-refractivity contribution in [1.29, 1.82) is 0 Å². The smallest absolute Gasteiger partial charge is 0.306 e. The lowest BCUT2D eigenvalue weighted by molar-refractivity contribution is -0.142. The lowest BCUT2D eigenvalue weighted by atomic mass is 9.96. The van der Waals surface area contributed by atoms with Gasteiger partial charge in [-0.2, -0.15) is 0 Å². The molecule has 0 bridgehead atoms. The highest BCUT2D eigenvalue weighted by Crippen LogP contribution is 2.31. The fourth-order valence-electron chi connectivity index (χ4n) is 2.68. The fraction of sp³-hybridized carbons (Fsp3) is 0.500. The minimum Gasteiger partial charge on any atom is -0.481 e. The van der Waals surface area contributed by atoms with E-state index in [-0.39, 0.29) is 23.9 Å². The van der Waals surface area contributed by atoms with Crippen molar-refractivity contribution >= 4 is 5.97 Å². The lowest BCUT2D eigenvalue weighted by Crippen LogP contribution is -2.29. The van der Waals surface area contributed by atoms with Crippen molar-refractivity contribution in [3.8, 4) is 0 Å². The first-order chi connectivity index (χ1) is 9.08. The van der Waals surface area contributed by atoms with Crippen molar-refractivity contribution in [3.05, 3.63) is 35.4 Å². The Morgan fingerprint density at radius 2 is 2.16 bits per heavy atom. The molecular weight excluding hydrogens is 252 g/mol. The molecule has 1 saturated carbocycles. The van der Waals surface area contributed by atoms with Gasteiger partial charge < -0.3 is 10.4 Å². The second-order valence-electron chi connectivity index (χ2n) is 5.00. The molecule has 1 aromatic carbocycles. The van der Waals surface area contributed by atoms with Gasteiger partial charge in [0, 0.05) is 12.1 Å². The van der Waals surface area contributed by atoms with Gasteiger partial charge in [-0.1, -0.05) is 6.42 Å². The third-order valence-corrected chi connectivity index (χ3v) is 3.71. The Kier molecular flexibility index (Phi) is 4.47. The van der Waals surface area contributed by atoms with E-state index >= 15 is 0 Å². The first-order valence-corrected chi connectivity index (χ1v) is 6.45. The second kappa shape index (κ2) is 6.10. The Balaban J connectivity index is 1.86. The molecule has 1 aliphatic rings. The molecule has 2 unspecified atom stereocenters. The molecule has 1 aromatic rings. The zero-order valence-corrected chi connectivity index (χ0v) is 10.5. The molecule has 2 atom stereocenters. The number of rotatable bonds is 5. The molecule has 1 aliphatic carbocycles. The molecule has 0 spiro atoms. The predicted molar refractivity (Wildman–Crippen MR) is 66.5 cm³/mol. The normalized spacial score (nSPS) is 22.6. The van der Waals surface area contributed by atoms with Crippen molar-refractivity contribution in [1.82, 2.24) is 5.32 Å². The Morgan fingerprint density at radius 1 is 1.37 bits per heavy atom. The highest BCUT2D eigenvalue weighted by atomic mass is 19.1. The molecule has 19 heavy (non-hydrogen) atoms. The van der Waals surface area contributed by atoms with Crippen LogP contribution in [0.1, 0.15) is 24.8 Å². The summed E-state index contributed by atoms with van der Waals surface area (Å²) < 4.78 is 26.3. The van der Waals surface area contributed by atoms with E-state index in [9.17, 15) is 13.6 Å². The SMILES string of the molecule is O=C(O)C1CCCC1CNCc1cc(F)ccc1F. The third-order valence-electron chi connectivity index (χ3n) is 3.71. The zero-order chi connectivity index (χ0) is 13.8. The van der Waals surface area contributed by atoms with Gasteiger partial charge in [0.05, 0.1) is 5.92 Å². The maximum Gasteiger partial charge on any atom is 0.306 e. The minimum absolute atomic E-state index is 0.0779. The molecular formula is C14H17F2NO2. The number of carboxylic acids is 1. The summed E-state index contributed by atoms with van der Waals surface area (Å²) in [6.07, 6.45) is 2.49. The molecule has 5 heteroatoms. The average molecular weight is 269 g/mol. The number of carboxylic acid groups (broad SMARTS) is 1. The van der Waals surface area contributed by atoms with E-state index in [1.165, 1.54) is 0 Å². The number of nitrogens with one attached hydrogen (secondary N) is 1. The molecule has 0 radical (unpaired) electrons. The molecule has 2 rings (SSSR count). The van der Waals surface area contributed by atoms with Crippen molar-refractivity contribution in [3.63, 3.8) is 0 Å². The van der Waals surface area contributed by atoms with E-state index in [1.54, 1.807) is 0 Å². The van der Waals surface area contributed by atoms with E-state index < -0.39 is 17.6 Å². The largest absolute Gasteiger partial charge is 0.481 e. The maximum atomic E-state index is 13.4. The predicted octanol–water partition coefficient (Wildman–Crippen LogP) is 2.56. The Labute approximate surface area is 110 Å². The van der Waals surface area contributed by atoms with Gasteiger partial charge >= 0.3 is 5.97 Å². The van der Waals surface area contributed by atoms with E-state index in [1.807, 2.05) is 0 Å². The van der Waals surface area contributed by atoms with Crippen molar-refractivity contribution in [2.75, 3.05) is 6.54 Å². The van der Waals surface area contributed by atoms with E-state index in [0.29, 0.717) is 13.0 Å². The Morgan fingerprint density at radius 3 is 2.89 bits per heavy atom. The molecule has 0 aromatic heterocycles. The Hall–Kier alpha value is -1.49. The minimum atomic E-state index is -0.763. The van der Waals surface area contributed by atoms with Crippen LogP contribution in [0, 0.1) is 23.5 Å². The van der Waals surface area contributed by atoms with Gasteiger partial charge in [0.1, 0.15) is 11.6 Å². The Bertz CT molecular complexity index is 465. The van der Waals surface area contributed by atoms with Crippen molar-refractivity contribution < 1.29 is 18.7 Å². The van der Waals surface area contributed by atoms with Gasteiger partial charge in [-0.3, -0.25) is 4.79 Å². The van der Waals surface area contributed by atoms with Crippen LogP contribution in [0.25, 0.3) is 0 Å². The zero-order valence-electron chi connectivity index (χ0n) is 10.5. The number of hydrogen-bond acceptors (Lipinski definition) is 2. The highest BCUT2D eigenvalue weighted by molar-refractivity contribution is 5.70. The number of carbonyl (C=O) groups is 1. The van der Waals surface area contributed by atoms with E-state index in [2.05, 4.69) is 5.32 Å². The standard InChI is InChI=1S/C14H17F2NO2/c15-11-4-5-13(16)10(6-11)8-17-7-9-2-1-3-12(9)14(18)19/h4-6,9,12,17H,1-3,7-8H2,(H,18,19). The third kappa shape index (κ3) is 3.50. The van der Waals surface area contributed by atoms with Crippen LogP contribution in [-0.4, -0.2) is 17.6 Å². The van der Waals surface area contributed by atoms with Crippen molar-refractivity contribution in [2.45, 2.75) is 25.8 Å². The molecule has 0 amide bonds.